The van der Waals surface area contributed by atoms with E-state index in [1.807, 2.05) is 0 Å². The van der Waals surface area contributed by atoms with E-state index in [-0.39, 0.29) is 0 Å². The predicted molar refractivity (Wildman–Crippen MR) is 141 cm³/mol. The Morgan fingerprint density at radius 3 is 1.63 bits per heavy atom. The maximum absolute atomic E-state index is 2.47. The van der Waals surface area contributed by atoms with E-state index in [0.717, 1.165) is 23.0 Å². The van der Waals surface area contributed by atoms with Gasteiger partial charge >= 0.3 is 0 Å². The Labute approximate surface area is 191 Å². The van der Waals surface area contributed by atoms with Crippen molar-refractivity contribution in [3.8, 4) is 0 Å². The van der Waals surface area contributed by atoms with E-state index in [4.69, 9.17) is 0 Å². The molecule has 0 nitrogen and oxygen atoms in total. The molecule has 0 bridgehead atoms. The topological polar surface area (TPSA) is 0 Å². The third-order valence-electron chi connectivity index (χ3n) is 7.02. The van der Waals surface area contributed by atoms with Crippen molar-refractivity contribution in [3.05, 3.63) is 63.7 Å². The summed E-state index contributed by atoms with van der Waals surface area (Å²) in [6.07, 6.45) is 1.03. The molecule has 0 unspecified atom stereocenters. The molecule has 0 atom stereocenters. The molecule has 0 amide bonds. The van der Waals surface area contributed by atoms with Crippen LogP contribution in [0.15, 0.2) is 35.2 Å². The van der Waals surface area contributed by atoms with E-state index in [1.54, 1.807) is 0 Å². The van der Waals surface area contributed by atoms with Crippen molar-refractivity contribution in [2.45, 2.75) is 110 Å². The summed E-state index contributed by atoms with van der Waals surface area (Å²) in [5, 5.41) is 0. The van der Waals surface area contributed by atoms with Gasteiger partial charge in [0.15, 0.2) is 0 Å². The molecule has 2 heteroatoms. The quantitative estimate of drug-likeness (QED) is 0.368. The van der Waals surface area contributed by atoms with Crippen LogP contribution in [0.4, 0.5) is 0 Å². The number of aryl methyl sites for hydroxylation is 3. The van der Waals surface area contributed by atoms with E-state index in [1.165, 1.54) is 38.3 Å². The van der Waals surface area contributed by atoms with Gasteiger partial charge in [0.25, 0.3) is 0 Å². The zero-order chi connectivity index (χ0) is 22.8. The molecule has 0 N–H and O–H groups in total. The Morgan fingerprint density at radius 2 is 1.20 bits per heavy atom. The van der Waals surface area contributed by atoms with Gasteiger partial charge in [0.1, 0.15) is 7.22 Å². The van der Waals surface area contributed by atoms with Crippen LogP contribution in [0.3, 0.4) is 0 Å². The van der Waals surface area contributed by atoms with Crippen LogP contribution in [-0.2, 0) is 6.42 Å². The van der Waals surface area contributed by atoms with Gasteiger partial charge < -0.3 is 0 Å². The van der Waals surface area contributed by atoms with Gasteiger partial charge in [-0.3, -0.25) is 0 Å². The molecule has 166 valence electrons. The molecule has 0 saturated carbocycles. The van der Waals surface area contributed by atoms with Crippen molar-refractivity contribution in [2.24, 2.45) is 0 Å². The van der Waals surface area contributed by atoms with E-state index in [0.29, 0.717) is 5.92 Å². The Hall–Kier alpha value is -0.993. The lowest BCUT2D eigenvalue weighted by molar-refractivity contribution is 0.851. The second-order valence-electron chi connectivity index (χ2n) is 10.5. The standard InChI is InChI=1S/C28H44SSi/c1-18(2)27-16-25(13-12-22(27)9)17-28-23(10)14-26(15-24(28)11)29-30(19(3)4,20(5)6)21(7)8/h12-16,18-21H,17H2,1-11H3. The van der Waals surface area contributed by atoms with Crippen molar-refractivity contribution < 1.29 is 0 Å². The third kappa shape index (κ3) is 5.25. The van der Waals surface area contributed by atoms with Crippen LogP contribution in [0.2, 0.25) is 16.6 Å². The SMILES string of the molecule is Cc1ccc(Cc2c(C)cc(S[Si](C(C)C)(C(C)C)C(C)C)cc2C)cc1C(C)C. The van der Waals surface area contributed by atoms with Crippen molar-refractivity contribution in [1.82, 2.24) is 0 Å². The van der Waals surface area contributed by atoms with E-state index in [9.17, 15) is 0 Å². The minimum Gasteiger partial charge on any atom is -0.150 e. The molecule has 2 aromatic rings. The van der Waals surface area contributed by atoms with Gasteiger partial charge in [-0.15, -0.1) is 0 Å². The van der Waals surface area contributed by atoms with Crippen molar-refractivity contribution in [1.29, 1.82) is 0 Å². The number of rotatable bonds is 8. The van der Waals surface area contributed by atoms with Gasteiger partial charge in [0.05, 0.1) is 0 Å². The molecule has 0 heterocycles. The molecule has 0 aliphatic rings. The van der Waals surface area contributed by atoms with E-state index < -0.39 is 7.22 Å². The Kier molecular flexibility index (Phi) is 8.49. The summed E-state index contributed by atoms with van der Waals surface area (Å²) in [4.78, 5) is 1.49. The molecule has 0 saturated heterocycles. The summed E-state index contributed by atoms with van der Waals surface area (Å²) < 4.78 is 0. The Morgan fingerprint density at radius 1 is 0.700 bits per heavy atom. The van der Waals surface area contributed by atoms with E-state index >= 15 is 0 Å². The summed E-state index contributed by atoms with van der Waals surface area (Å²) in [5.41, 5.74) is 11.0. The molecule has 30 heavy (non-hydrogen) atoms. The molecule has 0 aliphatic heterocycles. The molecular weight excluding hydrogens is 396 g/mol. The van der Waals surface area contributed by atoms with Gasteiger partial charge in [0, 0.05) is 4.90 Å². The van der Waals surface area contributed by atoms with Crippen molar-refractivity contribution in [3.63, 3.8) is 0 Å². The highest BCUT2D eigenvalue weighted by Crippen LogP contribution is 2.52. The smallest absolute Gasteiger partial charge is 0.131 e. The fourth-order valence-electron chi connectivity index (χ4n) is 5.48. The van der Waals surface area contributed by atoms with Crippen molar-refractivity contribution >= 4 is 18.4 Å². The first-order chi connectivity index (χ1) is 13.9. The van der Waals surface area contributed by atoms with Crippen LogP contribution >= 0.6 is 11.2 Å². The summed E-state index contributed by atoms with van der Waals surface area (Å²) in [5.74, 6) is 0.576. The Bertz CT molecular complexity index is 816. The minimum atomic E-state index is -1.52. The Balaban J connectivity index is 2.39. The first-order valence-corrected chi connectivity index (χ1v) is 15.6. The highest BCUT2D eigenvalue weighted by Gasteiger charge is 2.44. The molecule has 2 aromatic carbocycles. The maximum Gasteiger partial charge on any atom is 0.131 e. The molecule has 0 fully saturated rings. The monoisotopic (exact) mass is 440 g/mol. The van der Waals surface area contributed by atoms with Crippen LogP contribution < -0.4 is 0 Å². The normalized spacial score (nSPS) is 12.6. The molecular formula is C28H44SSi. The van der Waals surface area contributed by atoms with Crippen LogP contribution in [0.1, 0.15) is 94.7 Å². The maximum atomic E-state index is 2.47. The van der Waals surface area contributed by atoms with Gasteiger partial charge in [-0.1, -0.05) is 73.6 Å². The lowest BCUT2D eigenvalue weighted by atomic mass is 9.91. The average Bonchev–Trinajstić information content (AvgIpc) is 2.62. The second-order valence-corrected chi connectivity index (χ2v) is 19.1. The van der Waals surface area contributed by atoms with Gasteiger partial charge in [0.2, 0.25) is 0 Å². The van der Waals surface area contributed by atoms with Gasteiger partial charge in [-0.05, 0) is 95.2 Å². The third-order valence-corrected chi connectivity index (χ3v) is 19.3. The van der Waals surface area contributed by atoms with Crippen LogP contribution in [0, 0.1) is 20.8 Å². The van der Waals surface area contributed by atoms with Crippen LogP contribution in [-0.4, -0.2) is 7.22 Å². The number of hydrogen-bond donors (Lipinski definition) is 0. The molecule has 0 spiro atoms. The highest BCUT2D eigenvalue weighted by atomic mass is 32.4. The first-order valence-electron chi connectivity index (χ1n) is 11.8. The van der Waals surface area contributed by atoms with Crippen molar-refractivity contribution in [2.75, 3.05) is 0 Å². The fraction of sp³-hybridized carbons (Fsp3) is 0.571. The number of hydrogen-bond acceptors (Lipinski definition) is 1. The van der Waals surface area contributed by atoms with Crippen LogP contribution in [0.5, 0.6) is 0 Å². The summed E-state index contributed by atoms with van der Waals surface area (Å²) >= 11 is 2.25. The van der Waals surface area contributed by atoms with Gasteiger partial charge in [-0.25, -0.2) is 0 Å². The lowest BCUT2D eigenvalue weighted by Crippen LogP contribution is -2.41. The molecule has 0 radical (unpaired) electrons. The fourth-order valence-corrected chi connectivity index (χ4v) is 14.8. The average molecular weight is 441 g/mol. The first kappa shape index (κ1) is 25.3. The summed E-state index contributed by atoms with van der Waals surface area (Å²) in [6.45, 7) is 26.2. The van der Waals surface area contributed by atoms with E-state index in [2.05, 4.69) is 118 Å². The highest BCUT2D eigenvalue weighted by molar-refractivity contribution is 8.29. The zero-order valence-corrected chi connectivity index (χ0v) is 23.1. The number of benzene rings is 2. The molecule has 0 aromatic heterocycles. The second kappa shape index (κ2) is 10.1. The summed E-state index contributed by atoms with van der Waals surface area (Å²) in [7, 11) is -1.52. The largest absolute Gasteiger partial charge is 0.150 e. The lowest BCUT2D eigenvalue weighted by Gasteiger charge is -2.42. The van der Waals surface area contributed by atoms with Gasteiger partial charge in [-0.2, -0.15) is 11.2 Å². The zero-order valence-electron chi connectivity index (χ0n) is 21.3. The predicted octanol–water partition coefficient (Wildman–Crippen LogP) is 9.59. The summed E-state index contributed by atoms with van der Waals surface area (Å²) in [6, 6.07) is 12.0. The molecule has 0 aliphatic carbocycles. The molecule has 2 rings (SSSR count). The minimum absolute atomic E-state index is 0.576. The van der Waals surface area contributed by atoms with Crippen LogP contribution in [0.25, 0.3) is 0 Å².